The van der Waals surface area contributed by atoms with Gasteiger partial charge in [-0.15, -0.1) is 0 Å². The number of benzene rings is 1. The van der Waals surface area contributed by atoms with Crippen LogP contribution < -0.4 is 9.47 Å². The monoisotopic (exact) mass is 289 g/mol. The van der Waals surface area contributed by atoms with Crippen LogP contribution in [-0.4, -0.2) is 28.6 Å². The van der Waals surface area contributed by atoms with Crippen LogP contribution in [0.3, 0.4) is 0 Å². The summed E-state index contributed by atoms with van der Waals surface area (Å²) in [6, 6.07) is 9.23. The maximum Gasteiger partial charge on any atom is 0.240 e. The minimum atomic E-state index is 0.450. The molecule has 1 aromatic carbocycles. The molecule has 2 aromatic heterocycles. The summed E-state index contributed by atoms with van der Waals surface area (Å²) in [4.78, 5) is 8.75. The molecule has 3 aromatic rings. The molecule has 6 heteroatoms. The van der Waals surface area contributed by atoms with E-state index in [4.69, 9.17) is 21.1 Å². The quantitative estimate of drug-likeness (QED) is 0.743. The lowest BCUT2D eigenvalue weighted by Crippen LogP contribution is -1.97. The predicted octanol–water partition coefficient (Wildman–Crippen LogP) is 3.07. The van der Waals surface area contributed by atoms with Gasteiger partial charge in [0.25, 0.3) is 0 Å². The minimum Gasteiger partial charge on any atom is -0.482 e. The van der Waals surface area contributed by atoms with Crippen molar-refractivity contribution in [3.63, 3.8) is 0 Å². The molecule has 3 rings (SSSR count). The van der Waals surface area contributed by atoms with Crippen molar-refractivity contribution in [3.05, 3.63) is 41.6 Å². The van der Waals surface area contributed by atoms with Gasteiger partial charge in [0.15, 0.2) is 0 Å². The van der Waals surface area contributed by atoms with E-state index in [1.807, 2.05) is 30.5 Å². The van der Waals surface area contributed by atoms with Gasteiger partial charge < -0.3 is 9.47 Å². The molecule has 0 amide bonds. The Balaban J connectivity index is 2.22. The van der Waals surface area contributed by atoms with Crippen molar-refractivity contribution in [1.29, 1.82) is 0 Å². The first-order valence-electron chi connectivity index (χ1n) is 5.96. The highest BCUT2D eigenvalue weighted by atomic mass is 35.5. The fourth-order valence-corrected chi connectivity index (χ4v) is 2.21. The van der Waals surface area contributed by atoms with Crippen molar-refractivity contribution in [2.45, 2.75) is 0 Å². The third-order valence-corrected chi connectivity index (χ3v) is 3.28. The molecule has 5 nitrogen and oxygen atoms in total. The third kappa shape index (κ3) is 2.06. The molecule has 0 saturated heterocycles. The number of rotatable bonds is 3. The van der Waals surface area contributed by atoms with Crippen LogP contribution in [0.25, 0.3) is 17.0 Å². The van der Waals surface area contributed by atoms with Gasteiger partial charge in [0.2, 0.25) is 17.5 Å². The molecule has 0 radical (unpaired) electrons. The summed E-state index contributed by atoms with van der Waals surface area (Å²) in [6.45, 7) is 0. The van der Waals surface area contributed by atoms with E-state index in [2.05, 4.69) is 9.97 Å². The van der Waals surface area contributed by atoms with Crippen molar-refractivity contribution in [2.24, 2.45) is 0 Å². The highest BCUT2D eigenvalue weighted by Gasteiger charge is 2.12. The molecule has 0 unspecified atom stereocenters. The third-order valence-electron chi connectivity index (χ3n) is 2.95. The molecule has 0 aliphatic heterocycles. The molecule has 0 aliphatic rings. The number of imidazole rings is 1. The summed E-state index contributed by atoms with van der Waals surface area (Å²) in [6.07, 6.45) is 1.84. The lowest BCUT2D eigenvalue weighted by atomic mass is 10.2. The number of ether oxygens (including phenoxy) is 2. The smallest absolute Gasteiger partial charge is 0.240 e. The molecule has 2 heterocycles. The number of nitrogens with zero attached hydrogens (tertiary/aromatic N) is 3. The first-order valence-corrected chi connectivity index (χ1v) is 6.33. The van der Waals surface area contributed by atoms with Crippen LogP contribution in [0.1, 0.15) is 0 Å². The number of halogens is 1. The topological polar surface area (TPSA) is 48.7 Å². The zero-order valence-corrected chi connectivity index (χ0v) is 11.8. The fraction of sp³-hybridized carbons (Fsp3) is 0.143. The SMILES string of the molecule is COc1cc(OC)n2cc(-c3ccccc3Cl)nc2n1. The fourth-order valence-electron chi connectivity index (χ4n) is 1.98. The average Bonchev–Trinajstić information content (AvgIpc) is 2.90. The second kappa shape index (κ2) is 5.02. The van der Waals surface area contributed by atoms with E-state index >= 15 is 0 Å². The van der Waals surface area contributed by atoms with E-state index in [-0.39, 0.29) is 0 Å². The van der Waals surface area contributed by atoms with Gasteiger partial charge in [0.05, 0.1) is 31.0 Å². The Morgan fingerprint density at radius 1 is 1.10 bits per heavy atom. The summed E-state index contributed by atoms with van der Waals surface area (Å²) < 4.78 is 12.2. The van der Waals surface area contributed by atoms with E-state index in [0.29, 0.717) is 22.6 Å². The zero-order valence-electron chi connectivity index (χ0n) is 11.0. The molecule has 0 fully saturated rings. The van der Waals surface area contributed by atoms with Gasteiger partial charge in [-0.05, 0) is 6.07 Å². The molecule has 0 aliphatic carbocycles. The Morgan fingerprint density at radius 3 is 2.60 bits per heavy atom. The van der Waals surface area contributed by atoms with E-state index in [1.54, 1.807) is 24.7 Å². The normalized spacial score (nSPS) is 10.8. The maximum atomic E-state index is 6.19. The summed E-state index contributed by atoms with van der Waals surface area (Å²) in [5.41, 5.74) is 1.58. The molecule has 0 spiro atoms. The van der Waals surface area contributed by atoms with Crippen LogP contribution in [-0.2, 0) is 0 Å². The van der Waals surface area contributed by atoms with Crippen LogP contribution in [0.5, 0.6) is 11.8 Å². The van der Waals surface area contributed by atoms with Crippen molar-refractivity contribution in [2.75, 3.05) is 14.2 Å². The van der Waals surface area contributed by atoms with E-state index < -0.39 is 0 Å². The van der Waals surface area contributed by atoms with Crippen LogP contribution in [0.2, 0.25) is 5.02 Å². The zero-order chi connectivity index (χ0) is 14.1. The molecule has 0 N–H and O–H groups in total. The largest absolute Gasteiger partial charge is 0.482 e. The Bertz CT molecular complexity index is 770. The van der Waals surface area contributed by atoms with Crippen LogP contribution in [0.4, 0.5) is 0 Å². The van der Waals surface area contributed by atoms with E-state index in [9.17, 15) is 0 Å². The van der Waals surface area contributed by atoms with Gasteiger partial charge in [-0.25, -0.2) is 4.98 Å². The molecule has 0 saturated carbocycles. The van der Waals surface area contributed by atoms with Gasteiger partial charge in [-0.2, -0.15) is 4.98 Å². The molecular weight excluding hydrogens is 278 g/mol. The highest BCUT2D eigenvalue weighted by molar-refractivity contribution is 6.33. The maximum absolute atomic E-state index is 6.19. The molecular formula is C14H12ClN3O2. The first-order chi connectivity index (χ1) is 9.72. The molecule has 20 heavy (non-hydrogen) atoms. The Labute approximate surface area is 120 Å². The van der Waals surface area contributed by atoms with Crippen LogP contribution in [0.15, 0.2) is 36.5 Å². The summed E-state index contributed by atoms with van der Waals surface area (Å²) in [5, 5.41) is 0.641. The number of methoxy groups -OCH3 is 2. The minimum absolute atomic E-state index is 0.450. The average molecular weight is 290 g/mol. The van der Waals surface area contributed by atoms with Gasteiger partial charge >= 0.3 is 0 Å². The number of hydrogen-bond donors (Lipinski definition) is 0. The lowest BCUT2D eigenvalue weighted by molar-refractivity contribution is 0.369. The van der Waals surface area contributed by atoms with E-state index in [1.165, 1.54) is 0 Å². The second-order valence-corrected chi connectivity index (χ2v) is 4.52. The standard InChI is InChI=1S/C14H12ClN3O2/c1-19-12-7-13(20-2)18-8-11(16-14(18)17-12)9-5-3-4-6-10(9)15/h3-8H,1-2H3. The summed E-state index contributed by atoms with van der Waals surface area (Å²) in [5.74, 6) is 1.54. The van der Waals surface area contributed by atoms with Gasteiger partial charge in [-0.3, -0.25) is 4.40 Å². The Kier molecular flexibility index (Phi) is 3.20. The van der Waals surface area contributed by atoms with Crippen molar-refractivity contribution < 1.29 is 9.47 Å². The Morgan fingerprint density at radius 2 is 1.90 bits per heavy atom. The van der Waals surface area contributed by atoms with Gasteiger partial charge in [0.1, 0.15) is 0 Å². The van der Waals surface area contributed by atoms with Gasteiger partial charge in [0, 0.05) is 11.8 Å². The van der Waals surface area contributed by atoms with Crippen molar-refractivity contribution in [3.8, 4) is 23.0 Å². The lowest BCUT2D eigenvalue weighted by Gasteiger charge is -2.04. The predicted molar refractivity (Wildman–Crippen MR) is 76.5 cm³/mol. The number of hydrogen-bond acceptors (Lipinski definition) is 4. The molecule has 0 atom stereocenters. The first kappa shape index (κ1) is 12.7. The number of aromatic nitrogens is 3. The number of fused-ring (bicyclic) bond motifs is 1. The second-order valence-electron chi connectivity index (χ2n) is 4.12. The molecule has 0 bridgehead atoms. The van der Waals surface area contributed by atoms with E-state index in [0.717, 1.165) is 11.3 Å². The Hall–Kier alpha value is -2.27. The highest BCUT2D eigenvalue weighted by Crippen LogP contribution is 2.29. The molecule has 102 valence electrons. The summed E-state index contributed by atoms with van der Waals surface area (Å²) in [7, 11) is 3.14. The van der Waals surface area contributed by atoms with Crippen molar-refractivity contribution in [1.82, 2.24) is 14.4 Å². The van der Waals surface area contributed by atoms with Crippen LogP contribution >= 0.6 is 11.6 Å². The van der Waals surface area contributed by atoms with Crippen LogP contribution in [0, 0.1) is 0 Å². The van der Waals surface area contributed by atoms with Crippen molar-refractivity contribution >= 4 is 17.4 Å². The van der Waals surface area contributed by atoms with Gasteiger partial charge in [-0.1, -0.05) is 29.8 Å². The summed E-state index contributed by atoms with van der Waals surface area (Å²) >= 11 is 6.19.